The first kappa shape index (κ1) is 21.4. The zero-order valence-corrected chi connectivity index (χ0v) is 18.2. The zero-order valence-electron chi connectivity index (χ0n) is 15.8. The van der Waals surface area contributed by atoms with Crippen molar-refractivity contribution in [3.05, 3.63) is 57.3 Å². The van der Waals surface area contributed by atoms with Gasteiger partial charge in [-0.1, -0.05) is 23.2 Å². The summed E-state index contributed by atoms with van der Waals surface area (Å²) in [6, 6.07) is 7.40. The van der Waals surface area contributed by atoms with Crippen molar-refractivity contribution < 1.29 is 22.3 Å². The van der Waals surface area contributed by atoms with Gasteiger partial charge in [0.25, 0.3) is 5.91 Å². The minimum atomic E-state index is -3.53. The first-order chi connectivity index (χ1) is 14.2. The summed E-state index contributed by atoms with van der Waals surface area (Å²) in [5, 5.41) is 2.71. The van der Waals surface area contributed by atoms with E-state index in [0.717, 1.165) is 28.8 Å². The Labute approximate surface area is 184 Å². The number of hydrogen-bond acceptors (Lipinski definition) is 4. The number of benzene rings is 2. The van der Waals surface area contributed by atoms with Crippen molar-refractivity contribution in [3.8, 4) is 0 Å². The van der Waals surface area contributed by atoms with Gasteiger partial charge in [-0.3, -0.25) is 9.10 Å². The Morgan fingerprint density at radius 2 is 1.97 bits per heavy atom. The van der Waals surface area contributed by atoms with Crippen LogP contribution in [0.15, 0.2) is 30.3 Å². The van der Waals surface area contributed by atoms with E-state index in [4.69, 9.17) is 27.9 Å². The van der Waals surface area contributed by atoms with Gasteiger partial charge in [0.1, 0.15) is 5.82 Å². The van der Waals surface area contributed by atoms with Crippen molar-refractivity contribution in [2.75, 3.05) is 28.5 Å². The van der Waals surface area contributed by atoms with E-state index in [1.165, 1.54) is 6.07 Å². The molecule has 2 fully saturated rings. The standard InChI is InChI=1S/C20H19Cl2FN2O4S/c21-13-7-12(18-3-1-5-29-18)8-14(9-13)24-20(26)16-10-15(11-17(23)19(16)22)25-4-2-6-30(25,27)28/h7-11,18H,1-6H2,(H,24,26). The van der Waals surface area contributed by atoms with Gasteiger partial charge in [-0.15, -0.1) is 0 Å². The highest BCUT2D eigenvalue weighted by molar-refractivity contribution is 7.93. The average Bonchev–Trinajstić information content (AvgIpc) is 3.32. The van der Waals surface area contributed by atoms with E-state index in [0.29, 0.717) is 23.7 Å². The summed E-state index contributed by atoms with van der Waals surface area (Å²) in [7, 11) is -3.53. The molecule has 2 aromatic carbocycles. The van der Waals surface area contributed by atoms with Crippen LogP contribution >= 0.6 is 23.2 Å². The molecule has 1 N–H and O–H groups in total. The van der Waals surface area contributed by atoms with Gasteiger partial charge in [0.15, 0.2) is 0 Å². The molecule has 0 radical (unpaired) electrons. The van der Waals surface area contributed by atoms with Crippen LogP contribution in [0.5, 0.6) is 0 Å². The summed E-state index contributed by atoms with van der Waals surface area (Å²) in [6.45, 7) is 0.892. The number of carbonyl (C=O) groups is 1. The van der Waals surface area contributed by atoms with Crippen LogP contribution < -0.4 is 9.62 Å². The molecule has 2 aliphatic heterocycles. The number of nitrogens with zero attached hydrogens (tertiary/aromatic N) is 1. The van der Waals surface area contributed by atoms with Crippen molar-refractivity contribution in [1.29, 1.82) is 0 Å². The van der Waals surface area contributed by atoms with Crippen LogP contribution in [-0.4, -0.2) is 33.2 Å². The van der Waals surface area contributed by atoms with Gasteiger partial charge in [-0.2, -0.15) is 0 Å². The van der Waals surface area contributed by atoms with Crippen LogP contribution in [0.4, 0.5) is 15.8 Å². The molecule has 2 saturated heterocycles. The number of ether oxygens (including phenoxy) is 1. The fraction of sp³-hybridized carbons (Fsp3) is 0.350. The van der Waals surface area contributed by atoms with Gasteiger partial charge in [-0.05, 0) is 55.2 Å². The molecule has 2 heterocycles. The van der Waals surface area contributed by atoms with E-state index in [1.54, 1.807) is 18.2 Å². The lowest BCUT2D eigenvalue weighted by molar-refractivity contribution is 0.102. The highest BCUT2D eigenvalue weighted by Crippen LogP contribution is 2.34. The third-order valence-electron chi connectivity index (χ3n) is 5.12. The summed E-state index contributed by atoms with van der Waals surface area (Å²) in [5.74, 6) is -1.56. The minimum Gasteiger partial charge on any atom is -0.374 e. The van der Waals surface area contributed by atoms with Gasteiger partial charge in [0.05, 0.1) is 28.1 Å². The second-order valence-electron chi connectivity index (χ2n) is 7.26. The lowest BCUT2D eigenvalue weighted by Gasteiger charge is -2.19. The number of carbonyl (C=O) groups excluding carboxylic acids is 1. The van der Waals surface area contributed by atoms with Crippen LogP contribution in [0.2, 0.25) is 10.0 Å². The molecule has 0 aromatic heterocycles. The fourth-order valence-corrected chi connectivity index (χ4v) is 5.71. The Kier molecular flexibility index (Phi) is 5.94. The number of anilines is 2. The van der Waals surface area contributed by atoms with E-state index in [9.17, 15) is 17.6 Å². The third-order valence-corrected chi connectivity index (χ3v) is 7.60. The SMILES string of the molecule is O=C(Nc1cc(Cl)cc(C2CCCO2)c1)c1cc(N2CCCS2(=O)=O)cc(F)c1Cl. The second kappa shape index (κ2) is 8.34. The highest BCUT2D eigenvalue weighted by atomic mass is 35.5. The first-order valence-electron chi connectivity index (χ1n) is 9.47. The molecule has 0 saturated carbocycles. The molecule has 10 heteroatoms. The maximum atomic E-state index is 14.4. The summed E-state index contributed by atoms with van der Waals surface area (Å²) in [5.41, 5.74) is 1.16. The Morgan fingerprint density at radius 3 is 2.63 bits per heavy atom. The van der Waals surface area contributed by atoms with Crippen molar-refractivity contribution in [1.82, 2.24) is 0 Å². The first-order valence-corrected chi connectivity index (χ1v) is 11.8. The Balaban J connectivity index is 1.64. The molecular formula is C20H19Cl2FN2O4S. The van der Waals surface area contributed by atoms with Crippen LogP contribution in [0.1, 0.15) is 41.3 Å². The molecular weight excluding hydrogens is 454 g/mol. The van der Waals surface area contributed by atoms with Gasteiger partial charge in [0.2, 0.25) is 10.0 Å². The fourth-order valence-electron chi connectivity index (χ4n) is 3.72. The van der Waals surface area contributed by atoms with Gasteiger partial charge >= 0.3 is 0 Å². The Bertz CT molecular complexity index is 1100. The highest BCUT2D eigenvalue weighted by Gasteiger charge is 2.30. The molecule has 4 rings (SSSR count). The summed E-state index contributed by atoms with van der Waals surface area (Å²) in [6.07, 6.45) is 2.14. The van der Waals surface area contributed by atoms with E-state index < -0.39 is 21.7 Å². The molecule has 0 bridgehead atoms. The van der Waals surface area contributed by atoms with Crippen molar-refractivity contribution in [2.45, 2.75) is 25.4 Å². The Hall–Kier alpha value is -1.87. The summed E-state index contributed by atoms with van der Waals surface area (Å²) < 4.78 is 45.5. The smallest absolute Gasteiger partial charge is 0.257 e. The lowest BCUT2D eigenvalue weighted by Crippen LogP contribution is -2.26. The minimum absolute atomic E-state index is 0.0205. The van der Waals surface area contributed by atoms with E-state index >= 15 is 0 Å². The van der Waals surface area contributed by atoms with E-state index in [1.807, 2.05) is 0 Å². The van der Waals surface area contributed by atoms with Gasteiger partial charge in [0, 0.05) is 23.9 Å². The maximum Gasteiger partial charge on any atom is 0.257 e. The normalized spacial score (nSPS) is 20.5. The number of hydrogen-bond donors (Lipinski definition) is 1. The van der Waals surface area contributed by atoms with Crippen molar-refractivity contribution in [3.63, 3.8) is 0 Å². The van der Waals surface area contributed by atoms with E-state index in [-0.39, 0.29) is 34.7 Å². The van der Waals surface area contributed by atoms with Crippen LogP contribution in [0, 0.1) is 5.82 Å². The number of sulfonamides is 1. The monoisotopic (exact) mass is 472 g/mol. The largest absolute Gasteiger partial charge is 0.374 e. The number of rotatable bonds is 4. The zero-order chi connectivity index (χ0) is 21.5. The van der Waals surface area contributed by atoms with Crippen LogP contribution in [0.3, 0.4) is 0 Å². The topological polar surface area (TPSA) is 75.7 Å². The molecule has 0 spiro atoms. The number of nitrogens with one attached hydrogen (secondary N) is 1. The summed E-state index contributed by atoms with van der Waals surface area (Å²) in [4.78, 5) is 12.9. The molecule has 0 aliphatic carbocycles. The molecule has 1 amide bonds. The second-order valence-corrected chi connectivity index (χ2v) is 10.1. The molecule has 1 unspecified atom stereocenters. The molecule has 1 atom stereocenters. The maximum absolute atomic E-state index is 14.4. The number of amides is 1. The van der Waals surface area contributed by atoms with Crippen molar-refractivity contribution >= 4 is 50.5 Å². The molecule has 2 aliphatic rings. The quantitative estimate of drug-likeness (QED) is 0.694. The molecule has 6 nitrogen and oxygen atoms in total. The third kappa shape index (κ3) is 4.27. The molecule has 160 valence electrons. The van der Waals surface area contributed by atoms with Gasteiger partial charge < -0.3 is 10.1 Å². The van der Waals surface area contributed by atoms with Crippen LogP contribution in [0.25, 0.3) is 0 Å². The molecule has 30 heavy (non-hydrogen) atoms. The predicted octanol–water partition coefficient (Wildman–Crippen LogP) is 4.78. The van der Waals surface area contributed by atoms with Crippen LogP contribution in [-0.2, 0) is 14.8 Å². The average molecular weight is 473 g/mol. The number of halogens is 3. The lowest BCUT2D eigenvalue weighted by atomic mass is 10.1. The molecule has 2 aromatic rings. The van der Waals surface area contributed by atoms with E-state index in [2.05, 4.69) is 5.32 Å². The Morgan fingerprint density at radius 1 is 1.17 bits per heavy atom. The van der Waals surface area contributed by atoms with Gasteiger partial charge in [-0.25, -0.2) is 12.8 Å². The predicted molar refractivity (Wildman–Crippen MR) is 114 cm³/mol. The summed E-state index contributed by atoms with van der Waals surface area (Å²) >= 11 is 12.2. The van der Waals surface area contributed by atoms with Crippen molar-refractivity contribution in [2.24, 2.45) is 0 Å².